The zero-order chi connectivity index (χ0) is 25.8. The van der Waals surface area contributed by atoms with Gasteiger partial charge in [-0.2, -0.15) is 0 Å². The summed E-state index contributed by atoms with van der Waals surface area (Å²) >= 11 is 0. The van der Waals surface area contributed by atoms with Gasteiger partial charge in [0.25, 0.3) is 5.56 Å². The topological polar surface area (TPSA) is 116 Å². The van der Waals surface area contributed by atoms with Gasteiger partial charge in [-0.05, 0) is 32.0 Å². The molecule has 0 spiro atoms. The van der Waals surface area contributed by atoms with Gasteiger partial charge in [0, 0.05) is 12.3 Å². The number of methoxy groups -OCH3 is 1. The molecule has 2 aromatic rings. The van der Waals surface area contributed by atoms with E-state index in [9.17, 15) is 9.59 Å². The van der Waals surface area contributed by atoms with Crippen LogP contribution < -0.4 is 5.56 Å². The van der Waals surface area contributed by atoms with Crippen molar-refractivity contribution in [3.63, 3.8) is 0 Å². The summed E-state index contributed by atoms with van der Waals surface area (Å²) in [6, 6.07) is 0. The average molecular weight is 507 g/mol. The minimum Gasteiger partial charge on any atom is -0.466 e. The number of esters is 1. The molecule has 4 atom stereocenters. The van der Waals surface area contributed by atoms with E-state index in [1.54, 1.807) is 4.57 Å². The van der Waals surface area contributed by atoms with Gasteiger partial charge >= 0.3 is 5.97 Å². The molecule has 0 radical (unpaired) electrons. The number of imidazole rings is 1. The van der Waals surface area contributed by atoms with Crippen LogP contribution in [-0.2, 0) is 28.2 Å². The van der Waals surface area contributed by atoms with Gasteiger partial charge in [-0.3, -0.25) is 13.9 Å². The van der Waals surface area contributed by atoms with Crippen LogP contribution in [0.15, 0.2) is 23.5 Å². The molecule has 2 aliphatic heterocycles. The number of ether oxygens (including phenoxy) is 4. The molecule has 0 aliphatic carbocycles. The minimum atomic E-state index is -2.01. The van der Waals surface area contributed by atoms with E-state index in [0.717, 1.165) is 6.08 Å². The lowest BCUT2D eigenvalue weighted by atomic mass is 10.1. The molecule has 0 unspecified atom stereocenters. The third-order valence-corrected chi connectivity index (χ3v) is 11.4. The Labute approximate surface area is 205 Å². The van der Waals surface area contributed by atoms with Crippen LogP contribution in [0.4, 0.5) is 0 Å². The van der Waals surface area contributed by atoms with Gasteiger partial charge in [-0.1, -0.05) is 20.8 Å². The molecule has 192 valence electrons. The lowest BCUT2D eigenvalue weighted by molar-refractivity contribution is -0.199. The summed E-state index contributed by atoms with van der Waals surface area (Å²) in [5.74, 6) is -1.37. The highest BCUT2D eigenvalue weighted by Crippen LogP contribution is 2.44. The van der Waals surface area contributed by atoms with E-state index in [1.807, 2.05) is 13.8 Å². The van der Waals surface area contributed by atoms with Crippen molar-refractivity contribution in [2.75, 3.05) is 13.7 Å². The molecule has 0 aromatic carbocycles. The fourth-order valence-electron chi connectivity index (χ4n) is 3.95. The Bertz CT molecular complexity index is 1200. The molecular formula is C23H34N4O7Si. The SMILES string of the molecule is COC(=O)/C=C/n1cnc2c(ncn2[C@@H]2O[C@H](CO[Si](C)(C)C(C)(C)C)[C@H]3OC(C)(C)O[C@H]32)c1=O. The monoisotopic (exact) mass is 506 g/mol. The molecule has 0 saturated carbocycles. The molecule has 0 bridgehead atoms. The number of hydrogen-bond donors (Lipinski definition) is 0. The maximum Gasteiger partial charge on any atom is 0.331 e. The summed E-state index contributed by atoms with van der Waals surface area (Å²) in [7, 11) is -0.750. The number of fused-ring (bicyclic) bond motifs is 2. The second-order valence-corrected chi connectivity index (χ2v) is 15.6. The molecule has 2 aromatic heterocycles. The molecule has 0 amide bonds. The van der Waals surface area contributed by atoms with E-state index >= 15 is 0 Å². The van der Waals surface area contributed by atoms with Crippen LogP contribution >= 0.6 is 0 Å². The molecule has 4 rings (SSSR count). The molecule has 35 heavy (non-hydrogen) atoms. The fraction of sp³-hybridized carbons (Fsp3) is 0.652. The van der Waals surface area contributed by atoms with E-state index in [1.165, 1.54) is 30.5 Å². The molecule has 2 aliphatic rings. The van der Waals surface area contributed by atoms with Crippen LogP contribution in [0.5, 0.6) is 0 Å². The summed E-state index contributed by atoms with van der Waals surface area (Å²) in [6.45, 7) is 15.1. The third-order valence-electron chi connectivity index (χ3n) is 6.90. The van der Waals surface area contributed by atoms with Crippen LogP contribution in [0.25, 0.3) is 17.4 Å². The summed E-state index contributed by atoms with van der Waals surface area (Å²) in [5.41, 5.74) is 0.0623. The lowest BCUT2D eigenvalue weighted by Gasteiger charge is -2.37. The highest BCUT2D eigenvalue weighted by molar-refractivity contribution is 6.74. The highest BCUT2D eigenvalue weighted by atomic mass is 28.4. The zero-order valence-electron chi connectivity index (χ0n) is 21.5. The first-order valence-corrected chi connectivity index (χ1v) is 14.5. The Morgan fingerprint density at radius 2 is 1.89 bits per heavy atom. The predicted molar refractivity (Wildman–Crippen MR) is 130 cm³/mol. The Morgan fingerprint density at radius 1 is 1.20 bits per heavy atom. The summed E-state index contributed by atoms with van der Waals surface area (Å²) < 4.78 is 32.7. The molecule has 4 heterocycles. The second-order valence-electron chi connectivity index (χ2n) is 10.8. The number of aromatic nitrogens is 4. The standard InChI is InChI=1S/C23H34N4O7Si/c1-22(2,3)35(7,8)31-11-14-17-18(34-23(4,5)33-17)21(32-14)27-13-24-16-19(27)25-12-26(20(16)29)10-9-15(28)30-6/h9-10,12-14,17-18,21H,11H2,1-8H3/b10-9+/t14-,17-,18-,21-/m1/s1. The number of hydrogen-bond acceptors (Lipinski definition) is 9. The zero-order valence-corrected chi connectivity index (χ0v) is 22.5. The van der Waals surface area contributed by atoms with Crippen molar-refractivity contribution in [2.24, 2.45) is 0 Å². The van der Waals surface area contributed by atoms with Crippen molar-refractivity contribution < 1.29 is 28.2 Å². The Kier molecular flexibility index (Phi) is 6.56. The van der Waals surface area contributed by atoms with E-state index in [-0.39, 0.29) is 22.8 Å². The van der Waals surface area contributed by atoms with Crippen molar-refractivity contribution in [3.05, 3.63) is 29.1 Å². The van der Waals surface area contributed by atoms with Gasteiger partial charge < -0.3 is 23.4 Å². The van der Waals surface area contributed by atoms with Crippen LogP contribution in [0.3, 0.4) is 0 Å². The van der Waals surface area contributed by atoms with E-state index < -0.39 is 38.0 Å². The van der Waals surface area contributed by atoms with Crippen LogP contribution in [-0.4, -0.2) is 71.2 Å². The van der Waals surface area contributed by atoms with E-state index in [2.05, 4.69) is 48.6 Å². The lowest BCUT2D eigenvalue weighted by Crippen LogP contribution is -2.44. The number of carbonyl (C=O) groups excluding carboxylic acids is 1. The minimum absolute atomic E-state index is 0.0589. The Hall–Kier alpha value is -2.38. The summed E-state index contributed by atoms with van der Waals surface area (Å²) in [5, 5.41) is 0.0589. The Balaban J connectivity index is 1.63. The quantitative estimate of drug-likeness (QED) is 0.331. The molecule has 12 heteroatoms. The number of carbonyl (C=O) groups is 1. The Morgan fingerprint density at radius 3 is 2.54 bits per heavy atom. The van der Waals surface area contributed by atoms with Crippen LogP contribution in [0.2, 0.25) is 18.1 Å². The first-order chi connectivity index (χ1) is 16.2. The van der Waals surface area contributed by atoms with Crippen molar-refractivity contribution in [2.45, 2.75) is 83.1 Å². The van der Waals surface area contributed by atoms with Crippen molar-refractivity contribution in [1.82, 2.24) is 19.1 Å². The third kappa shape index (κ3) is 4.85. The maximum absolute atomic E-state index is 12.9. The van der Waals surface area contributed by atoms with Crippen LogP contribution in [0.1, 0.15) is 40.8 Å². The van der Waals surface area contributed by atoms with Gasteiger partial charge in [0.2, 0.25) is 0 Å². The molecule has 2 fully saturated rings. The van der Waals surface area contributed by atoms with Crippen molar-refractivity contribution in [3.8, 4) is 0 Å². The van der Waals surface area contributed by atoms with E-state index in [0.29, 0.717) is 12.3 Å². The largest absolute Gasteiger partial charge is 0.466 e. The van der Waals surface area contributed by atoms with Gasteiger partial charge in [0.1, 0.15) is 24.6 Å². The van der Waals surface area contributed by atoms with Gasteiger partial charge in [0.05, 0.1) is 20.0 Å². The number of nitrogens with zero attached hydrogens (tertiary/aromatic N) is 4. The van der Waals surface area contributed by atoms with Gasteiger partial charge in [0.15, 0.2) is 31.5 Å². The molecule has 0 N–H and O–H groups in total. The van der Waals surface area contributed by atoms with Gasteiger partial charge in [-0.25, -0.2) is 14.8 Å². The summed E-state index contributed by atoms with van der Waals surface area (Å²) in [4.78, 5) is 33.0. The second kappa shape index (κ2) is 8.93. The fourth-order valence-corrected chi connectivity index (χ4v) is 4.96. The molecule has 2 saturated heterocycles. The predicted octanol–water partition coefficient (Wildman–Crippen LogP) is 2.68. The van der Waals surface area contributed by atoms with E-state index in [4.69, 9.17) is 18.6 Å². The maximum atomic E-state index is 12.9. The number of rotatable bonds is 6. The average Bonchev–Trinajstić information content (AvgIpc) is 3.41. The normalized spacial score (nSPS) is 26.5. The molecular weight excluding hydrogens is 472 g/mol. The van der Waals surface area contributed by atoms with Crippen molar-refractivity contribution >= 4 is 31.7 Å². The smallest absolute Gasteiger partial charge is 0.331 e. The first kappa shape index (κ1) is 25.7. The van der Waals surface area contributed by atoms with Crippen LogP contribution in [0, 0.1) is 0 Å². The first-order valence-electron chi connectivity index (χ1n) is 11.6. The summed E-state index contributed by atoms with van der Waals surface area (Å²) in [6.07, 6.45) is 3.51. The van der Waals surface area contributed by atoms with Gasteiger partial charge in [-0.15, -0.1) is 0 Å². The highest BCUT2D eigenvalue weighted by Gasteiger charge is 2.56. The molecule has 11 nitrogen and oxygen atoms in total. The van der Waals surface area contributed by atoms with Crippen molar-refractivity contribution in [1.29, 1.82) is 0 Å².